The number of aromatic amines is 1. The van der Waals surface area contributed by atoms with Gasteiger partial charge in [0.2, 0.25) is 23.6 Å². The van der Waals surface area contributed by atoms with E-state index < -0.39 is 35.8 Å². The highest BCUT2D eigenvalue weighted by molar-refractivity contribution is 5.93. The second-order valence-corrected chi connectivity index (χ2v) is 16.6. The maximum atomic E-state index is 14.8. The van der Waals surface area contributed by atoms with Crippen molar-refractivity contribution in [2.75, 3.05) is 27.2 Å². The van der Waals surface area contributed by atoms with Gasteiger partial charge in [0.05, 0.1) is 28.8 Å². The summed E-state index contributed by atoms with van der Waals surface area (Å²) in [5, 5.41) is 12.6. The van der Waals surface area contributed by atoms with Gasteiger partial charge in [-0.05, 0) is 115 Å². The highest BCUT2D eigenvalue weighted by atomic mass is 19.1. The number of fused-ring (bicyclic) bond motifs is 2. The number of likely N-dealkylation sites (tertiary alicyclic amines) is 2. The fourth-order valence-corrected chi connectivity index (χ4v) is 8.70. The highest BCUT2D eigenvalue weighted by Crippen LogP contribution is 2.36. The predicted octanol–water partition coefficient (Wildman–Crippen LogP) is 5.02. The Morgan fingerprint density at radius 3 is 2.14 bits per heavy atom. The average Bonchev–Trinajstić information content (AvgIpc) is 4.03. The van der Waals surface area contributed by atoms with Crippen LogP contribution in [0, 0.1) is 17.6 Å². The summed E-state index contributed by atoms with van der Waals surface area (Å²) in [6.45, 7) is 10.9. The van der Waals surface area contributed by atoms with E-state index >= 15 is 0 Å². The third kappa shape index (κ3) is 9.46. The number of likely N-dealkylation sites (N-methyl/N-ethyl adjacent to an activating group) is 2. The molecule has 4 amide bonds. The van der Waals surface area contributed by atoms with Gasteiger partial charge in [0.25, 0.3) is 0 Å². The predicted molar refractivity (Wildman–Crippen MR) is 225 cm³/mol. The largest absolute Gasteiger partial charge is 0.352 e. The maximum absolute atomic E-state index is 14.8. The van der Waals surface area contributed by atoms with Crippen LogP contribution in [0.4, 0.5) is 8.78 Å². The minimum atomic E-state index is -0.673. The number of hydrogen-bond acceptors (Lipinski definition) is 7. The van der Waals surface area contributed by atoms with E-state index in [4.69, 9.17) is 4.98 Å². The van der Waals surface area contributed by atoms with Crippen LogP contribution in [0.15, 0.2) is 36.4 Å². The molecule has 2 saturated heterocycles. The van der Waals surface area contributed by atoms with E-state index in [0.717, 1.165) is 43.1 Å². The summed E-state index contributed by atoms with van der Waals surface area (Å²) in [6, 6.07) is 6.61. The molecule has 13 nitrogen and oxygen atoms in total. The van der Waals surface area contributed by atoms with Crippen LogP contribution in [0.5, 0.6) is 0 Å². The zero-order valence-corrected chi connectivity index (χ0v) is 35.5. The summed E-state index contributed by atoms with van der Waals surface area (Å²) >= 11 is 0. The minimum Gasteiger partial charge on any atom is -0.352 e. The Labute approximate surface area is 345 Å². The van der Waals surface area contributed by atoms with Crippen molar-refractivity contribution in [3.05, 3.63) is 53.6 Å². The number of rotatable bonds is 17. The first kappa shape index (κ1) is 43.7. The lowest BCUT2D eigenvalue weighted by Crippen LogP contribution is -2.55. The van der Waals surface area contributed by atoms with Crippen molar-refractivity contribution in [3.63, 3.8) is 0 Å². The molecule has 15 heteroatoms. The molecule has 0 radical (unpaired) electrons. The lowest BCUT2D eigenvalue weighted by molar-refractivity contribution is -0.138. The van der Waals surface area contributed by atoms with Crippen molar-refractivity contribution >= 4 is 45.6 Å². The first-order valence-corrected chi connectivity index (χ1v) is 21.3. The molecule has 0 spiro atoms. The summed E-state index contributed by atoms with van der Waals surface area (Å²) in [5.74, 6) is -1.09. The minimum absolute atomic E-state index is 0.102. The molecule has 5 N–H and O–H groups in total. The van der Waals surface area contributed by atoms with Crippen molar-refractivity contribution in [3.8, 4) is 11.5 Å². The number of H-pyrrole nitrogens is 1. The van der Waals surface area contributed by atoms with Gasteiger partial charge >= 0.3 is 0 Å². The van der Waals surface area contributed by atoms with Crippen LogP contribution >= 0.6 is 0 Å². The zero-order valence-electron chi connectivity index (χ0n) is 35.5. The van der Waals surface area contributed by atoms with E-state index in [1.807, 2.05) is 35.1 Å². The van der Waals surface area contributed by atoms with Crippen LogP contribution < -0.4 is 21.3 Å². The first-order chi connectivity index (χ1) is 28.3. The second kappa shape index (κ2) is 19.0. The van der Waals surface area contributed by atoms with Gasteiger partial charge in [-0.3, -0.25) is 19.2 Å². The highest BCUT2D eigenvalue weighted by Gasteiger charge is 2.37. The van der Waals surface area contributed by atoms with Crippen LogP contribution in [0.3, 0.4) is 0 Å². The summed E-state index contributed by atoms with van der Waals surface area (Å²) in [4.78, 5) is 66.2. The van der Waals surface area contributed by atoms with Crippen molar-refractivity contribution in [1.82, 2.24) is 45.6 Å². The molecule has 0 unspecified atom stereocenters. The number of halogens is 2. The van der Waals surface area contributed by atoms with E-state index in [0.29, 0.717) is 67.0 Å². The van der Waals surface area contributed by atoms with Gasteiger partial charge in [0, 0.05) is 48.7 Å². The number of benzene rings is 2. The fourth-order valence-electron chi connectivity index (χ4n) is 8.70. The third-order valence-corrected chi connectivity index (χ3v) is 12.3. The number of amides is 4. The van der Waals surface area contributed by atoms with E-state index in [1.165, 1.54) is 24.3 Å². The molecule has 0 aliphatic carbocycles. The summed E-state index contributed by atoms with van der Waals surface area (Å²) < 4.78 is 31.6. The van der Waals surface area contributed by atoms with Crippen LogP contribution in [0.25, 0.3) is 33.5 Å². The SMILES string of the molecule is CCC[C@H](NC(=O)[C@H](C)NC)C(=O)N1CCC[C@H]1Cc1c(-c2nc3cc(F)ccc3n2CC[C@@H]2CCCN2C(=O)[C@@H](NC(=O)[C@H](C)NC)C(C)C)[nH]c2cc(F)ccc12. The van der Waals surface area contributed by atoms with E-state index in [9.17, 15) is 28.0 Å². The molecule has 2 aliphatic rings. The van der Waals surface area contributed by atoms with Gasteiger partial charge in [0.1, 0.15) is 23.7 Å². The molecular formula is C44H61F2N9O4. The zero-order chi connectivity index (χ0) is 42.5. The van der Waals surface area contributed by atoms with Gasteiger partial charge in [-0.2, -0.15) is 0 Å². The normalized spacial score (nSPS) is 19.1. The molecule has 2 fully saturated rings. The smallest absolute Gasteiger partial charge is 0.245 e. The Kier molecular flexibility index (Phi) is 14.1. The number of aryl methyl sites for hydroxylation is 1. The first-order valence-electron chi connectivity index (χ1n) is 21.3. The van der Waals surface area contributed by atoms with Crippen LogP contribution in [0.2, 0.25) is 0 Å². The van der Waals surface area contributed by atoms with Crippen molar-refractivity contribution in [1.29, 1.82) is 0 Å². The molecule has 2 aliphatic heterocycles. The van der Waals surface area contributed by atoms with Crippen LogP contribution in [-0.2, 0) is 32.1 Å². The Morgan fingerprint density at radius 1 is 0.847 bits per heavy atom. The maximum Gasteiger partial charge on any atom is 0.245 e. The number of aromatic nitrogens is 3. The third-order valence-electron chi connectivity index (χ3n) is 12.3. The molecule has 59 heavy (non-hydrogen) atoms. The number of carbonyl (C=O) groups is 4. The summed E-state index contributed by atoms with van der Waals surface area (Å²) in [5.41, 5.74) is 3.28. The van der Waals surface area contributed by atoms with Crippen molar-refractivity contribution < 1.29 is 28.0 Å². The van der Waals surface area contributed by atoms with Crippen LogP contribution in [0.1, 0.15) is 85.1 Å². The summed E-state index contributed by atoms with van der Waals surface area (Å²) in [6.07, 6.45) is 5.43. The molecule has 2 aromatic carbocycles. The van der Waals surface area contributed by atoms with Gasteiger partial charge in [-0.1, -0.05) is 27.2 Å². The molecule has 6 atom stereocenters. The molecule has 4 aromatic rings. The number of nitrogens with zero attached hydrogens (tertiary/aromatic N) is 4. The fraction of sp³-hybridized carbons (Fsp3) is 0.568. The van der Waals surface area contributed by atoms with Gasteiger partial charge < -0.3 is 40.6 Å². The molecule has 0 bridgehead atoms. The Balaban J connectivity index is 1.33. The Bertz CT molecular complexity index is 2150. The number of carbonyl (C=O) groups excluding carboxylic acids is 4. The average molecular weight is 818 g/mol. The number of hydrogen-bond donors (Lipinski definition) is 5. The molecule has 6 rings (SSSR count). The molecule has 2 aromatic heterocycles. The Morgan fingerprint density at radius 2 is 1.47 bits per heavy atom. The Hall–Kier alpha value is -4.89. The van der Waals surface area contributed by atoms with E-state index in [2.05, 4.69) is 26.3 Å². The standard InChI is InChI=1S/C44H61F2N9O4/c1-8-11-34(51-41(56)26(4)47-6)43(58)54-20-10-13-31(54)24-33-32-16-14-28(45)22-35(32)49-39(33)40-50-36-23-29(46)15-17-37(36)55(40)21-18-30-12-9-19-53(30)44(59)38(25(2)3)52-42(57)27(5)48-7/h14-17,22-23,25-27,30-31,34,38,47-49H,8-13,18-21,24H2,1-7H3,(H,51,56)(H,52,57)/t26-,27-,30-,31-,34-,38-/m0/s1. The molecule has 0 saturated carbocycles. The van der Waals surface area contributed by atoms with Crippen molar-refractivity contribution in [2.24, 2.45) is 5.92 Å². The topological polar surface area (TPSA) is 156 Å². The molecule has 4 heterocycles. The van der Waals surface area contributed by atoms with Crippen LogP contribution in [-0.4, -0.2) is 111 Å². The van der Waals surface area contributed by atoms with Gasteiger partial charge in [-0.15, -0.1) is 0 Å². The van der Waals surface area contributed by atoms with E-state index in [1.54, 1.807) is 40.1 Å². The second-order valence-electron chi connectivity index (χ2n) is 16.6. The monoisotopic (exact) mass is 817 g/mol. The molecule has 320 valence electrons. The van der Waals surface area contributed by atoms with Crippen molar-refractivity contribution in [2.45, 2.75) is 129 Å². The number of nitrogens with one attached hydrogen (secondary N) is 5. The number of imidazole rings is 1. The van der Waals surface area contributed by atoms with Gasteiger partial charge in [0.15, 0.2) is 5.82 Å². The lowest BCUT2D eigenvalue weighted by atomic mass is 9.99. The van der Waals surface area contributed by atoms with E-state index in [-0.39, 0.29) is 41.6 Å². The van der Waals surface area contributed by atoms with Gasteiger partial charge in [-0.25, -0.2) is 13.8 Å². The lowest BCUT2D eigenvalue weighted by Gasteiger charge is -2.32. The quantitative estimate of drug-likeness (QED) is 0.100. The summed E-state index contributed by atoms with van der Waals surface area (Å²) in [7, 11) is 3.41. The molecular weight excluding hydrogens is 757 g/mol.